The number of fused-ring (bicyclic) bond motifs is 2. The monoisotopic (exact) mass is 422 g/mol. The zero-order valence-corrected chi connectivity index (χ0v) is 16.6. The summed E-state index contributed by atoms with van der Waals surface area (Å²) in [5.41, 5.74) is -0.0465. The van der Waals surface area contributed by atoms with Crippen LogP contribution < -0.4 is 11.0 Å². The third-order valence-corrected chi connectivity index (χ3v) is 6.62. The van der Waals surface area contributed by atoms with Gasteiger partial charge in [-0.25, -0.2) is 4.98 Å². The molecule has 0 aliphatic heterocycles. The van der Waals surface area contributed by atoms with Gasteiger partial charge in [0.05, 0.1) is 10.6 Å². The smallest absolute Gasteiger partial charge is 0.271 e. The van der Waals surface area contributed by atoms with E-state index in [1.165, 1.54) is 27.2 Å². The Balaban J connectivity index is 1.97. The highest BCUT2D eigenvalue weighted by molar-refractivity contribution is 7.24. The van der Waals surface area contributed by atoms with E-state index in [2.05, 4.69) is 0 Å². The highest BCUT2D eigenvalue weighted by Crippen LogP contribution is 2.28. The Labute approximate surface area is 171 Å². The van der Waals surface area contributed by atoms with E-state index >= 15 is 0 Å². The molecule has 5 aromatic rings. The van der Waals surface area contributed by atoms with Crippen LogP contribution in [0.15, 0.2) is 75.6 Å². The summed E-state index contributed by atoms with van der Waals surface area (Å²) in [5, 5.41) is 3.14. The van der Waals surface area contributed by atoms with Crippen molar-refractivity contribution in [3.63, 3.8) is 0 Å². The fraction of sp³-hybridized carbons (Fsp3) is 0. The van der Waals surface area contributed by atoms with E-state index in [9.17, 15) is 9.59 Å². The summed E-state index contributed by atoms with van der Waals surface area (Å²) in [5.74, 6) is 0.515. The third-order valence-electron chi connectivity index (χ3n) is 4.44. The summed E-state index contributed by atoms with van der Waals surface area (Å²) in [6.45, 7) is 0. The summed E-state index contributed by atoms with van der Waals surface area (Å²) in [6.07, 6.45) is 0. The molecule has 0 bridgehead atoms. The van der Waals surface area contributed by atoms with Gasteiger partial charge in [-0.15, -0.1) is 22.7 Å². The van der Waals surface area contributed by atoms with Crippen LogP contribution in [0.1, 0.15) is 0 Å². The number of rotatable bonds is 2. The van der Waals surface area contributed by atoms with Crippen molar-refractivity contribution in [1.29, 1.82) is 0 Å². The molecule has 3 heterocycles. The van der Waals surface area contributed by atoms with Gasteiger partial charge in [0.15, 0.2) is 5.82 Å². The van der Waals surface area contributed by atoms with Gasteiger partial charge in [0.2, 0.25) is 5.43 Å². The van der Waals surface area contributed by atoms with Gasteiger partial charge in [-0.05, 0) is 47.8 Å². The lowest BCUT2D eigenvalue weighted by Crippen LogP contribution is -2.25. The van der Waals surface area contributed by atoms with E-state index < -0.39 is 0 Å². The Hall–Kier alpha value is -2.80. The minimum atomic E-state index is -0.372. The van der Waals surface area contributed by atoms with Crippen LogP contribution in [0.5, 0.6) is 0 Å². The molecule has 0 fully saturated rings. The van der Waals surface area contributed by atoms with Crippen LogP contribution in [0.25, 0.3) is 36.7 Å². The largest absolute Gasteiger partial charge is 0.288 e. The number of benzene rings is 2. The molecule has 0 aliphatic rings. The molecule has 3 aromatic heterocycles. The lowest BCUT2D eigenvalue weighted by molar-refractivity contribution is 0.982. The Morgan fingerprint density at radius 1 is 0.929 bits per heavy atom. The van der Waals surface area contributed by atoms with Gasteiger partial charge in [-0.1, -0.05) is 29.8 Å². The molecule has 0 atom stereocenters. The van der Waals surface area contributed by atoms with Gasteiger partial charge in [0.25, 0.3) is 5.56 Å². The van der Waals surface area contributed by atoms with E-state index in [0.29, 0.717) is 26.8 Å². The van der Waals surface area contributed by atoms with Gasteiger partial charge in [0, 0.05) is 15.1 Å². The Morgan fingerprint density at radius 3 is 2.46 bits per heavy atom. The molecule has 0 N–H and O–H groups in total. The Morgan fingerprint density at radius 2 is 1.71 bits per heavy atom. The standard InChI is InChI=1S/C21H11ClN2O2S2/c22-12-7-9-13(10-8-12)24-19(16-6-3-11-27-16)23-20-17(21(24)26)18(25)14-4-1-2-5-15(14)28-20/h1-11H. The van der Waals surface area contributed by atoms with E-state index in [1.807, 2.05) is 29.6 Å². The molecule has 0 amide bonds. The summed E-state index contributed by atoms with van der Waals surface area (Å²) in [7, 11) is 0. The SMILES string of the molecule is O=c1c2ccccc2sc2nc(-c3cccs3)n(-c3ccc(Cl)cc3)c(=O)c12. The molecule has 0 radical (unpaired) electrons. The van der Waals surface area contributed by atoms with Crippen molar-refractivity contribution in [3.05, 3.63) is 91.6 Å². The van der Waals surface area contributed by atoms with Gasteiger partial charge in [-0.3, -0.25) is 14.2 Å². The van der Waals surface area contributed by atoms with Crippen LogP contribution in [-0.2, 0) is 0 Å². The summed E-state index contributed by atoms with van der Waals surface area (Å²) < 4.78 is 2.31. The molecular weight excluding hydrogens is 412 g/mol. The quantitative estimate of drug-likeness (QED) is 0.361. The fourth-order valence-electron chi connectivity index (χ4n) is 3.15. The summed E-state index contributed by atoms with van der Waals surface area (Å²) >= 11 is 8.86. The first-order valence-corrected chi connectivity index (χ1v) is 10.5. The maximum Gasteiger partial charge on any atom is 0.271 e. The maximum atomic E-state index is 13.5. The molecule has 28 heavy (non-hydrogen) atoms. The summed E-state index contributed by atoms with van der Waals surface area (Å²) in [6, 6.07) is 18.0. The average Bonchev–Trinajstić information content (AvgIpc) is 3.23. The highest BCUT2D eigenvalue weighted by atomic mass is 35.5. The van der Waals surface area contributed by atoms with Crippen LogP contribution in [0.4, 0.5) is 0 Å². The van der Waals surface area contributed by atoms with Crippen molar-refractivity contribution >= 4 is 54.6 Å². The number of thiophene rings is 1. The van der Waals surface area contributed by atoms with Crippen molar-refractivity contribution < 1.29 is 0 Å². The van der Waals surface area contributed by atoms with Crippen molar-refractivity contribution in [3.8, 4) is 16.4 Å². The highest BCUT2D eigenvalue weighted by Gasteiger charge is 2.19. The van der Waals surface area contributed by atoms with E-state index in [4.69, 9.17) is 16.6 Å². The third kappa shape index (κ3) is 2.69. The molecule has 0 saturated heterocycles. The molecule has 2 aromatic carbocycles. The topological polar surface area (TPSA) is 52.0 Å². The number of hydrogen-bond acceptors (Lipinski definition) is 5. The van der Waals surface area contributed by atoms with Crippen molar-refractivity contribution in [2.24, 2.45) is 0 Å². The molecule has 5 rings (SSSR count). The molecule has 136 valence electrons. The van der Waals surface area contributed by atoms with Gasteiger partial charge in [-0.2, -0.15) is 0 Å². The predicted molar refractivity (Wildman–Crippen MR) is 117 cm³/mol. The minimum absolute atomic E-state index is 0.110. The van der Waals surface area contributed by atoms with Crippen molar-refractivity contribution in [2.45, 2.75) is 0 Å². The lowest BCUT2D eigenvalue weighted by atomic mass is 10.2. The van der Waals surface area contributed by atoms with Crippen LogP contribution in [0.2, 0.25) is 5.02 Å². The Bertz CT molecular complexity index is 1450. The molecule has 4 nitrogen and oxygen atoms in total. The maximum absolute atomic E-state index is 13.5. The van der Waals surface area contributed by atoms with E-state index in [0.717, 1.165) is 9.58 Å². The Kier molecular flexibility index (Phi) is 4.12. The molecule has 0 aliphatic carbocycles. The van der Waals surface area contributed by atoms with Crippen molar-refractivity contribution in [1.82, 2.24) is 9.55 Å². The van der Waals surface area contributed by atoms with Crippen LogP contribution in [0, 0.1) is 0 Å². The molecule has 7 heteroatoms. The van der Waals surface area contributed by atoms with Gasteiger partial charge in [0.1, 0.15) is 10.2 Å². The zero-order valence-electron chi connectivity index (χ0n) is 14.3. The van der Waals surface area contributed by atoms with Gasteiger partial charge >= 0.3 is 0 Å². The number of nitrogens with zero attached hydrogens (tertiary/aromatic N) is 2. The van der Waals surface area contributed by atoms with Crippen LogP contribution in [0.3, 0.4) is 0 Å². The minimum Gasteiger partial charge on any atom is -0.288 e. The number of halogens is 1. The molecule has 0 spiro atoms. The second-order valence-electron chi connectivity index (χ2n) is 6.14. The zero-order chi connectivity index (χ0) is 19.3. The summed E-state index contributed by atoms with van der Waals surface area (Å²) in [4.78, 5) is 32.6. The normalized spacial score (nSPS) is 11.3. The van der Waals surface area contributed by atoms with Crippen LogP contribution >= 0.6 is 34.3 Å². The van der Waals surface area contributed by atoms with Gasteiger partial charge < -0.3 is 0 Å². The first kappa shape index (κ1) is 17.3. The molecular formula is C21H11ClN2O2S2. The molecule has 0 saturated carbocycles. The number of hydrogen-bond donors (Lipinski definition) is 0. The van der Waals surface area contributed by atoms with Crippen LogP contribution in [-0.4, -0.2) is 9.55 Å². The van der Waals surface area contributed by atoms with E-state index in [1.54, 1.807) is 36.4 Å². The lowest BCUT2D eigenvalue weighted by Gasteiger charge is -2.12. The van der Waals surface area contributed by atoms with E-state index in [-0.39, 0.29) is 16.4 Å². The fourth-order valence-corrected chi connectivity index (χ4v) is 5.02. The van der Waals surface area contributed by atoms with Crippen molar-refractivity contribution in [2.75, 3.05) is 0 Å². The number of aromatic nitrogens is 2. The molecule has 0 unspecified atom stereocenters. The second-order valence-corrected chi connectivity index (χ2v) is 8.55. The first-order chi connectivity index (χ1) is 13.6. The average molecular weight is 423 g/mol. The second kappa shape index (κ2) is 6.67. The first-order valence-electron chi connectivity index (χ1n) is 8.42. The predicted octanol–water partition coefficient (Wildman–Crippen LogP) is 5.34.